The molecule has 5 rings (SSSR count). The third kappa shape index (κ3) is 1.72. The lowest BCUT2D eigenvalue weighted by Gasteiger charge is -2.09. The van der Waals surface area contributed by atoms with Crippen molar-refractivity contribution in [2.45, 2.75) is 0 Å². The Bertz CT molecular complexity index is 1150. The van der Waals surface area contributed by atoms with Gasteiger partial charge < -0.3 is 4.57 Å². The molecule has 2 heteroatoms. The summed E-state index contributed by atoms with van der Waals surface area (Å²) in [4.78, 5) is 4.31. The first-order chi connectivity index (χ1) is 11.4. The first-order valence-corrected chi connectivity index (χ1v) is 7.75. The molecule has 0 aliphatic rings. The van der Waals surface area contributed by atoms with Gasteiger partial charge in [0.2, 0.25) is 0 Å². The maximum atomic E-state index is 4.31. The number of aromatic nitrogens is 2. The standard InChI is InChI=1S/C21H14N2/c1-2-8-17-15(6-1)11-12-19-18-9-3-4-10-20(18)23(21(17)19)16-7-5-13-22-14-16/h1-14H. The lowest BCUT2D eigenvalue weighted by Crippen LogP contribution is -1.94. The molecule has 0 radical (unpaired) electrons. The van der Waals surface area contributed by atoms with Gasteiger partial charge in [-0.15, -0.1) is 0 Å². The van der Waals surface area contributed by atoms with Crippen LogP contribution < -0.4 is 0 Å². The van der Waals surface area contributed by atoms with Crippen LogP contribution in [0.4, 0.5) is 0 Å². The van der Waals surface area contributed by atoms with Gasteiger partial charge in [-0.05, 0) is 23.6 Å². The Morgan fingerprint density at radius 2 is 1.48 bits per heavy atom. The van der Waals surface area contributed by atoms with Gasteiger partial charge in [0.1, 0.15) is 0 Å². The Balaban J connectivity index is 2.10. The second kappa shape index (κ2) is 4.68. The van der Waals surface area contributed by atoms with Crippen molar-refractivity contribution in [1.29, 1.82) is 0 Å². The minimum atomic E-state index is 1.09. The number of hydrogen-bond donors (Lipinski definition) is 0. The Labute approximate surface area is 133 Å². The zero-order valence-corrected chi connectivity index (χ0v) is 12.5. The van der Waals surface area contributed by atoms with Crippen LogP contribution in [0.1, 0.15) is 0 Å². The summed E-state index contributed by atoms with van der Waals surface area (Å²) in [5.74, 6) is 0. The Morgan fingerprint density at radius 3 is 2.35 bits per heavy atom. The Hall–Kier alpha value is -3.13. The maximum Gasteiger partial charge on any atom is 0.0645 e. The van der Waals surface area contributed by atoms with Crippen molar-refractivity contribution in [2.24, 2.45) is 0 Å². The summed E-state index contributed by atoms with van der Waals surface area (Å²) in [6, 6.07) is 25.7. The number of benzene rings is 3. The third-order valence-electron chi connectivity index (χ3n) is 4.46. The molecule has 0 spiro atoms. The summed E-state index contributed by atoms with van der Waals surface area (Å²) in [6.45, 7) is 0. The molecule has 0 N–H and O–H groups in total. The molecular weight excluding hydrogens is 280 g/mol. The average Bonchev–Trinajstić information content (AvgIpc) is 2.97. The van der Waals surface area contributed by atoms with Crippen molar-refractivity contribution in [3.63, 3.8) is 0 Å². The molecule has 0 bridgehead atoms. The van der Waals surface area contributed by atoms with Crippen LogP contribution in [-0.4, -0.2) is 9.55 Å². The molecule has 3 aromatic carbocycles. The highest BCUT2D eigenvalue weighted by Gasteiger charge is 2.14. The highest BCUT2D eigenvalue weighted by molar-refractivity contribution is 6.18. The largest absolute Gasteiger partial charge is 0.307 e. The van der Waals surface area contributed by atoms with Crippen molar-refractivity contribution in [1.82, 2.24) is 9.55 Å². The summed E-state index contributed by atoms with van der Waals surface area (Å²) >= 11 is 0. The van der Waals surface area contributed by atoms with E-state index in [4.69, 9.17) is 0 Å². The van der Waals surface area contributed by atoms with Gasteiger partial charge in [0, 0.05) is 22.4 Å². The highest BCUT2D eigenvalue weighted by atomic mass is 15.0. The van der Waals surface area contributed by atoms with E-state index in [1.54, 1.807) is 0 Å². The summed E-state index contributed by atoms with van der Waals surface area (Å²) in [5, 5.41) is 5.08. The highest BCUT2D eigenvalue weighted by Crippen LogP contribution is 2.35. The van der Waals surface area contributed by atoms with E-state index in [2.05, 4.69) is 76.3 Å². The molecule has 2 heterocycles. The minimum Gasteiger partial charge on any atom is -0.307 e. The smallest absolute Gasteiger partial charge is 0.0645 e. The second-order valence-electron chi connectivity index (χ2n) is 5.75. The number of pyridine rings is 1. The number of para-hydroxylation sites is 1. The van der Waals surface area contributed by atoms with E-state index in [1.807, 2.05) is 18.5 Å². The van der Waals surface area contributed by atoms with Gasteiger partial charge >= 0.3 is 0 Å². The fourth-order valence-electron chi connectivity index (χ4n) is 3.48. The first-order valence-electron chi connectivity index (χ1n) is 7.75. The Kier molecular flexibility index (Phi) is 2.53. The van der Waals surface area contributed by atoms with Gasteiger partial charge in [0.05, 0.1) is 22.9 Å². The second-order valence-corrected chi connectivity index (χ2v) is 5.75. The third-order valence-corrected chi connectivity index (χ3v) is 4.46. The molecular formula is C21H14N2. The molecule has 0 saturated heterocycles. The van der Waals surface area contributed by atoms with Gasteiger partial charge in [-0.3, -0.25) is 4.98 Å². The van der Waals surface area contributed by atoms with Crippen LogP contribution >= 0.6 is 0 Å². The number of hydrogen-bond acceptors (Lipinski definition) is 1. The van der Waals surface area contributed by atoms with Crippen molar-refractivity contribution < 1.29 is 0 Å². The van der Waals surface area contributed by atoms with Crippen molar-refractivity contribution >= 4 is 32.6 Å². The van der Waals surface area contributed by atoms with E-state index in [9.17, 15) is 0 Å². The first kappa shape index (κ1) is 12.4. The summed E-state index contributed by atoms with van der Waals surface area (Å²) < 4.78 is 2.32. The van der Waals surface area contributed by atoms with E-state index in [-0.39, 0.29) is 0 Å². The monoisotopic (exact) mass is 294 g/mol. The zero-order valence-electron chi connectivity index (χ0n) is 12.5. The van der Waals surface area contributed by atoms with E-state index in [0.717, 1.165) is 5.69 Å². The van der Waals surface area contributed by atoms with Crippen LogP contribution in [0.3, 0.4) is 0 Å². The lowest BCUT2D eigenvalue weighted by molar-refractivity contribution is 1.15. The number of nitrogens with zero attached hydrogens (tertiary/aromatic N) is 2. The van der Waals surface area contributed by atoms with Gasteiger partial charge in [-0.25, -0.2) is 0 Å². The number of fused-ring (bicyclic) bond motifs is 5. The van der Waals surface area contributed by atoms with Gasteiger partial charge in [-0.1, -0.05) is 54.6 Å². The van der Waals surface area contributed by atoms with Gasteiger partial charge in [0.15, 0.2) is 0 Å². The number of rotatable bonds is 1. The normalized spacial score (nSPS) is 11.5. The topological polar surface area (TPSA) is 17.8 Å². The zero-order chi connectivity index (χ0) is 15.2. The molecule has 23 heavy (non-hydrogen) atoms. The Morgan fingerprint density at radius 1 is 0.652 bits per heavy atom. The molecule has 0 fully saturated rings. The minimum absolute atomic E-state index is 1.09. The van der Waals surface area contributed by atoms with Crippen molar-refractivity contribution in [2.75, 3.05) is 0 Å². The lowest BCUT2D eigenvalue weighted by atomic mass is 10.1. The van der Waals surface area contributed by atoms with Crippen molar-refractivity contribution in [3.05, 3.63) is 85.2 Å². The van der Waals surface area contributed by atoms with Crippen LogP contribution in [0.15, 0.2) is 85.2 Å². The molecule has 0 saturated carbocycles. The van der Waals surface area contributed by atoms with Crippen LogP contribution in [0.2, 0.25) is 0 Å². The van der Waals surface area contributed by atoms with Crippen LogP contribution in [0.25, 0.3) is 38.3 Å². The molecule has 2 aromatic heterocycles. The summed E-state index contributed by atoms with van der Waals surface area (Å²) in [6.07, 6.45) is 3.74. The molecule has 0 aliphatic carbocycles. The van der Waals surface area contributed by atoms with Crippen LogP contribution in [-0.2, 0) is 0 Å². The summed E-state index contributed by atoms with van der Waals surface area (Å²) in [7, 11) is 0. The van der Waals surface area contributed by atoms with E-state index < -0.39 is 0 Å². The van der Waals surface area contributed by atoms with Crippen LogP contribution in [0, 0.1) is 0 Å². The fourth-order valence-corrected chi connectivity index (χ4v) is 3.48. The van der Waals surface area contributed by atoms with Crippen molar-refractivity contribution in [3.8, 4) is 5.69 Å². The van der Waals surface area contributed by atoms with E-state index in [1.165, 1.54) is 32.6 Å². The molecule has 0 amide bonds. The van der Waals surface area contributed by atoms with Gasteiger partial charge in [0.25, 0.3) is 0 Å². The van der Waals surface area contributed by atoms with Crippen LogP contribution in [0.5, 0.6) is 0 Å². The fraction of sp³-hybridized carbons (Fsp3) is 0. The molecule has 0 unspecified atom stereocenters. The molecule has 108 valence electrons. The molecule has 0 atom stereocenters. The average molecular weight is 294 g/mol. The molecule has 0 aliphatic heterocycles. The quantitative estimate of drug-likeness (QED) is 0.408. The maximum absolute atomic E-state index is 4.31. The predicted molar refractivity (Wildman–Crippen MR) is 96.1 cm³/mol. The SMILES string of the molecule is c1cncc(-n2c3ccccc3c3ccc4ccccc4c32)c1. The van der Waals surface area contributed by atoms with E-state index in [0.29, 0.717) is 0 Å². The summed E-state index contributed by atoms with van der Waals surface area (Å²) in [5.41, 5.74) is 3.55. The molecule has 5 aromatic rings. The van der Waals surface area contributed by atoms with E-state index >= 15 is 0 Å². The predicted octanol–water partition coefficient (Wildman–Crippen LogP) is 5.33. The molecule has 2 nitrogen and oxygen atoms in total. The van der Waals surface area contributed by atoms with Gasteiger partial charge in [-0.2, -0.15) is 0 Å².